The molecule has 1 aromatic carbocycles. The highest BCUT2D eigenvalue weighted by molar-refractivity contribution is 5.42. The first kappa shape index (κ1) is 12.4. The van der Waals surface area contributed by atoms with Crippen LogP contribution in [0.5, 0.6) is 0 Å². The molecule has 2 rings (SSSR count). The highest BCUT2D eigenvalue weighted by atomic mass is 15.2. The Morgan fingerprint density at radius 3 is 2.71 bits per heavy atom. The molecule has 2 heteroatoms. The van der Waals surface area contributed by atoms with Crippen LogP contribution in [0.25, 0.3) is 0 Å². The predicted molar refractivity (Wildman–Crippen MR) is 74.4 cm³/mol. The number of rotatable bonds is 5. The molecule has 0 aliphatic carbocycles. The molecule has 0 aromatic heterocycles. The van der Waals surface area contributed by atoms with Crippen molar-refractivity contribution in [1.82, 2.24) is 4.90 Å². The standard InChI is InChI=1S/C15H24N2/c1-3-15-10-9-13(2)17(15)12-11-16-14-7-5-4-6-8-14/h4-8,13,15-16H,3,9-12H2,1-2H3. The molecule has 0 radical (unpaired) electrons. The molecule has 1 aliphatic heterocycles. The summed E-state index contributed by atoms with van der Waals surface area (Å²) in [6, 6.07) is 12.0. The minimum atomic E-state index is 0.762. The van der Waals surface area contributed by atoms with Crippen molar-refractivity contribution in [3.05, 3.63) is 30.3 Å². The van der Waals surface area contributed by atoms with E-state index in [4.69, 9.17) is 0 Å². The minimum Gasteiger partial charge on any atom is -0.384 e. The maximum atomic E-state index is 3.50. The number of hydrogen-bond donors (Lipinski definition) is 1. The number of nitrogens with one attached hydrogen (secondary N) is 1. The van der Waals surface area contributed by atoms with Gasteiger partial charge in [0.2, 0.25) is 0 Å². The normalized spacial score (nSPS) is 25.1. The van der Waals surface area contributed by atoms with E-state index in [-0.39, 0.29) is 0 Å². The summed E-state index contributed by atoms with van der Waals surface area (Å²) in [5.74, 6) is 0. The maximum Gasteiger partial charge on any atom is 0.0340 e. The fourth-order valence-electron chi connectivity index (χ4n) is 2.85. The van der Waals surface area contributed by atoms with Crippen molar-refractivity contribution in [3.63, 3.8) is 0 Å². The van der Waals surface area contributed by atoms with Crippen molar-refractivity contribution in [2.24, 2.45) is 0 Å². The van der Waals surface area contributed by atoms with Crippen molar-refractivity contribution in [2.75, 3.05) is 18.4 Å². The lowest BCUT2D eigenvalue weighted by atomic mass is 10.1. The largest absolute Gasteiger partial charge is 0.384 e. The van der Waals surface area contributed by atoms with Gasteiger partial charge in [-0.1, -0.05) is 25.1 Å². The lowest BCUT2D eigenvalue weighted by Crippen LogP contribution is -2.37. The van der Waals surface area contributed by atoms with Crippen LogP contribution in [0.4, 0.5) is 5.69 Å². The Labute approximate surface area is 105 Å². The van der Waals surface area contributed by atoms with Gasteiger partial charge in [-0.15, -0.1) is 0 Å². The van der Waals surface area contributed by atoms with Crippen molar-refractivity contribution >= 4 is 5.69 Å². The molecule has 0 saturated carbocycles. The SMILES string of the molecule is CCC1CCC(C)N1CCNc1ccccc1. The quantitative estimate of drug-likeness (QED) is 0.837. The number of benzene rings is 1. The molecule has 1 fully saturated rings. The molecule has 1 heterocycles. The number of para-hydroxylation sites is 1. The molecule has 1 aliphatic rings. The lowest BCUT2D eigenvalue weighted by Gasteiger charge is -2.27. The van der Waals surface area contributed by atoms with Crippen LogP contribution in [0.3, 0.4) is 0 Å². The molecular formula is C15H24N2. The molecular weight excluding hydrogens is 208 g/mol. The number of likely N-dealkylation sites (tertiary alicyclic amines) is 1. The van der Waals surface area contributed by atoms with Gasteiger partial charge in [-0.2, -0.15) is 0 Å². The second-order valence-electron chi connectivity index (χ2n) is 5.02. The van der Waals surface area contributed by atoms with Gasteiger partial charge < -0.3 is 5.32 Å². The van der Waals surface area contributed by atoms with Gasteiger partial charge in [0.25, 0.3) is 0 Å². The van der Waals surface area contributed by atoms with E-state index in [1.807, 2.05) is 0 Å². The first-order chi connectivity index (χ1) is 8.31. The zero-order valence-electron chi connectivity index (χ0n) is 11.0. The second kappa shape index (κ2) is 6.06. The fourth-order valence-corrected chi connectivity index (χ4v) is 2.85. The van der Waals surface area contributed by atoms with Gasteiger partial charge in [-0.25, -0.2) is 0 Å². The van der Waals surface area contributed by atoms with E-state index in [1.54, 1.807) is 0 Å². The smallest absolute Gasteiger partial charge is 0.0340 e. The van der Waals surface area contributed by atoms with Gasteiger partial charge in [0.1, 0.15) is 0 Å². The van der Waals surface area contributed by atoms with Crippen LogP contribution in [-0.4, -0.2) is 30.1 Å². The molecule has 2 unspecified atom stereocenters. The molecule has 0 spiro atoms. The second-order valence-corrected chi connectivity index (χ2v) is 5.02. The summed E-state index contributed by atoms with van der Waals surface area (Å²) in [6.07, 6.45) is 4.03. The van der Waals surface area contributed by atoms with Crippen LogP contribution in [0.2, 0.25) is 0 Å². The Kier molecular flexibility index (Phi) is 4.43. The number of nitrogens with zero attached hydrogens (tertiary/aromatic N) is 1. The first-order valence-corrected chi connectivity index (χ1v) is 6.86. The third-order valence-electron chi connectivity index (χ3n) is 3.90. The predicted octanol–water partition coefficient (Wildman–Crippen LogP) is 3.36. The molecule has 0 amide bonds. The van der Waals surface area contributed by atoms with E-state index < -0.39 is 0 Å². The van der Waals surface area contributed by atoms with Crippen LogP contribution in [0.15, 0.2) is 30.3 Å². The van der Waals surface area contributed by atoms with Crippen LogP contribution < -0.4 is 5.32 Å². The van der Waals surface area contributed by atoms with E-state index in [0.717, 1.165) is 25.2 Å². The topological polar surface area (TPSA) is 15.3 Å². The van der Waals surface area contributed by atoms with Gasteiger partial charge in [-0.05, 0) is 38.3 Å². The maximum absolute atomic E-state index is 3.50. The average Bonchev–Trinajstić information content (AvgIpc) is 2.72. The van der Waals surface area contributed by atoms with Crippen LogP contribution >= 0.6 is 0 Å². The zero-order valence-corrected chi connectivity index (χ0v) is 11.0. The highest BCUT2D eigenvalue weighted by Crippen LogP contribution is 2.25. The van der Waals surface area contributed by atoms with Crippen molar-refractivity contribution in [3.8, 4) is 0 Å². The van der Waals surface area contributed by atoms with Gasteiger partial charge in [0, 0.05) is 30.9 Å². The summed E-state index contributed by atoms with van der Waals surface area (Å²) in [4.78, 5) is 2.66. The summed E-state index contributed by atoms with van der Waals surface area (Å²) >= 11 is 0. The fraction of sp³-hybridized carbons (Fsp3) is 0.600. The molecule has 2 nitrogen and oxygen atoms in total. The minimum absolute atomic E-state index is 0.762. The molecule has 1 saturated heterocycles. The van der Waals surface area contributed by atoms with E-state index in [2.05, 4.69) is 54.4 Å². The summed E-state index contributed by atoms with van der Waals surface area (Å²) in [5, 5.41) is 3.50. The molecule has 94 valence electrons. The zero-order chi connectivity index (χ0) is 12.1. The summed E-state index contributed by atoms with van der Waals surface area (Å²) in [5.41, 5.74) is 1.23. The Bertz CT molecular complexity index is 323. The molecule has 17 heavy (non-hydrogen) atoms. The molecule has 1 N–H and O–H groups in total. The third kappa shape index (κ3) is 3.22. The Morgan fingerprint density at radius 1 is 1.24 bits per heavy atom. The van der Waals surface area contributed by atoms with E-state index in [0.29, 0.717) is 0 Å². The molecule has 1 aromatic rings. The summed E-state index contributed by atoms with van der Waals surface area (Å²) in [6.45, 7) is 6.87. The van der Waals surface area contributed by atoms with Crippen LogP contribution in [-0.2, 0) is 0 Å². The van der Waals surface area contributed by atoms with E-state index in [9.17, 15) is 0 Å². The van der Waals surface area contributed by atoms with Gasteiger partial charge in [0.05, 0.1) is 0 Å². The van der Waals surface area contributed by atoms with Crippen LogP contribution in [0.1, 0.15) is 33.1 Å². The Morgan fingerprint density at radius 2 is 2.00 bits per heavy atom. The van der Waals surface area contributed by atoms with E-state index >= 15 is 0 Å². The van der Waals surface area contributed by atoms with Crippen molar-refractivity contribution < 1.29 is 0 Å². The Balaban J connectivity index is 1.78. The molecule has 0 bridgehead atoms. The van der Waals surface area contributed by atoms with Crippen molar-refractivity contribution in [2.45, 2.75) is 45.2 Å². The van der Waals surface area contributed by atoms with Crippen molar-refractivity contribution in [1.29, 1.82) is 0 Å². The third-order valence-corrected chi connectivity index (χ3v) is 3.90. The molecule has 2 atom stereocenters. The van der Waals surface area contributed by atoms with E-state index in [1.165, 1.54) is 24.9 Å². The number of hydrogen-bond acceptors (Lipinski definition) is 2. The van der Waals surface area contributed by atoms with Gasteiger partial charge in [0.15, 0.2) is 0 Å². The summed E-state index contributed by atoms with van der Waals surface area (Å²) < 4.78 is 0. The van der Waals surface area contributed by atoms with Gasteiger partial charge >= 0.3 is 0 Å². The monoisotopic (exact) mass is 232 g/mol. The van der Waals surface area contributed by atoms with Crippen LogP contribution in [0, 0.1) is 0 Å². The number of anilines is 1. The average molecular weight is 232 g/mol. The first-order valence-electron chi connectivity index (χ1n) is 6.86. The Hall–Kier alpha value is -1.02. The van der Waals surface area contributed by atoms with Gasteiger partial charge in [-0.3, -0.25) is 4.90 Å². The summed E-state index contributed by atoms with van der Waals surface area (Å²) in [7, 11) is 0. The lowest BCUT2D eigenvalue weighted by molar-refractivity contribution is 0.207. The highest BCUT2D eigenvalue weighted by Gasteiger charge is 2.28.